The normalized spacial score (nSPS) is 33.6. The predicted octanol–water partition coefficient (Wildman–Crippen LogP) is 2.38. The van der Waals surface area contributed by atoms with Crippen LogP contribution in [0.3, 0.4) is 0 Å². The number of pyridine rings is 1. The van der Waals surface area contributed by atoms with Crippen molar-refractivity contribution >= 4 is 0 Å². The van der Waals surface area contributed by atoms with Crippen molar-refractivity contribution in [1.29, 1.82) is 0 Å². The van der Waals surface area contributed by atoms with Gasteiger partial charge in [-0.05, 0) is 43.4 Å². The lowest BCUT2D eigenvalue weighted by Gasteiger charge is -2.42. The highest BCUT2D eigenvalue weighted by Crippen LogP contribution is 2.37. The van der Waals surface area contributed by atoms with Gasteiger partial charge in [-0.15, -0.1) is 0 Å². The molecular weight excluding hydrogens is 264 g/mol. The minimum absolute atomic E-state index is 0.237. The molecule has 4 rings (SSSR count). The molecule has 2 heterocycles. The lowest BCUT2D eigenvalue weighted by atomic mass is 9.90. The molecule has 3 atom stereocenters. The lowest BCUT2D eigenvalue weighted by Crippen LogP contribution is -2.50. The van der Waals surface area contributed by atoms with Crippen molar-refractivity contribution < 1.29 is 9.47 Å². The Morgan fingerprint density at radius 3 is 2.81 bits per heavy atom. The Bertz CT molecular complexity index is 463. The Labute approximate surface area is 126 Å². The first-order valence-electron chi connectivity index (χ1n) is 8.30. The third-order valence-electron chi connectivity index (χ3n) is 5.34. The topological polar surface area (TPSA) is 34.6 Å². The fraction of sp³-hybridized carbons (Fsp3) is 0.706. The van der Waals surface area contributed by atoms with Gasteiger partial charge in [0.2, 0.25) is 0 Å². The summed E-state index contributed by atoms with van der Waals surface area (Å²) < 4.78 is 12.4. The second kappa shape index (κ2) is 6.03. The van der Waals surface area contributed by atoms with E-state index in [4.69, 9.17) is 9.47 Å². The minimum Gasteiger partial charge on any atom is -0.374 e. The van der Waals surface area contributed by atoms with Crippen LogP contribution in [-0.2, 0) is 16.1 Å². The van der Waals surface area contributed by atoms with Crippen LogP contribution in [0, 0.1) is 0 Å². The van der Waals surface area contributed by atoms with Crippen molar-refractivity contribution in [3.8, 4) is 0 Å². The maximum absolute atomic E-state index is 6.29. The molecule has 0 spiro atoms. The lowest BCUT2D eigenvalue weighted by molar-refractivity contribution is -0.0651. The summed E-state index contributed by atoms with van der Waals surface area (Å²) in [5.74, 6) is 0. The Hall–Kier alpha value is -0.970. The molecule has 0 N–H and O–H groups in total. The van der Waals surface area contributed by atoms with Crippen LogP contribution in [0.5, 0.6) is 0 Å². The summed E-state index contributed by atoms with van der Waals surface area (Å²) in [7, 11) is 0. The molecule has 1 aliphatic heterocycles. The fourth-order valence-corrected chi connectivity index (χ4v) is 3.98. The van der Waals surface area contributed by atoms with E-state index in [9.17, 15) is 0 Å². The van der Waals surface area contributed by atoms with Gasteiger partial charge in [0.1, 0.15) is 0 Å². The molecule has 0 aromatic carbocycles. The number of aromatic nitrogens is 1. The van der Waals surface area contributed by atoms with Crippen molar-refractivity contribution in [1.82, 2.24) is 9.88 Å². The average molecular weight is 288 g/mol. The van der Waals surface area contributed by atoms with Gasteiger partial charge in [0.25, 0.3) is 0 Å². The number of nitrogens with zero attached hydrogens (tertiary/aromatic N) is 2. The van der Waals surface area contributed by atoms with Crippen LogP contribution in [-0.4, -0.2) is 47.3 Å². The second-order valence-electron chi connectivity index (χ2n) is 6.51. The van der Waals surface area contributed by atoms with E-state index in [0.29, 0.717) is 18.8 Å². The monoisotopic (exact) mass is 288 g/mol. The van der Waals surface area contributed by atoms with Crippen molar-refractivity contribution in [2.24, 2.45) is 0 Å². The molecule has 2 bridgehead atoms. The molecule has 3 fully saturated rings. The Balaban J connectivity index is 1.45. The van der Waals surface area contributed by atoms with Crippen molar-refractivity contribution in [2.45, 2.75) is 63.0 Å². The first-order valence-corrected chi connectivity index (χ1v) is 8.30. The van der Waals surface area contributed by atoms with Gasteiger partial charge >= 0.3 is 0 Å². The summed E-state index contributed by atoms with van der Waals surface area (Å²) in [5.41, 5.74) is 1.20. The molecule has 3 unspecified atom stereocenters. The molecular formula is C17H24N2O2. The van der Waals surface area contributed by atoms with E-state index in [1.165, 1.54) is 31.2 Å². The minimum atomic E-state index is 0.237. The molecule has 1 aromatic heterocycles. The van der Waals surface area contributed by atoms with Crippen LogP contribution in [0.4, 0.5) is 0 Å². The van der Waals surface area contributed by atoms with Gasteiger partial charge < -0.3 is 9.47 Å². The number of rotatable bonds is 4. The Morgan fingerprint density at radius 2 is 2.05 bits per heavy atom. The summed E-state index contributed by atoms with van der Waals surface area (Å²) in [6.07, 6.45) is 10.7. The molecule has 21 heavy (non-hydrogen) atoms. The van der Waals surface area contributed by atoms with Gasteiger partial charge in [-0.25, -0.2) is 0 Å². The maximum Gasteiger partial charge on any atom is 0.0995 e. The van der Waals surface area contributed by atoms with Crippen LogP contribution >= 0.6 is 0 Å². The standard InChI is InChI=1S/C17H24N2O2/c1-2-14(3-1)19-10-11-20-16-5-4-15(19)17(16)21-12-13-6-8-18-9-7-13/h6-9,14-17H,1-5,10-12H2. The highest BCUT2D eigenvalue weighted by atomic mass is 16.5. The highest BCUT2D eigenvalue weighted by Gasteiger charge is 2.45. The number of ether oxygens (including phenoxy) is 2. The molecule has 0 radical (unpaired) electrons. The molecule has 1 aromatic rings. The van der Waals surface area contributed by atoms with Gasteiger partial charge in [0, 0.05) is 31.0 Å². The van der Waals surface area contributed by atoms with E-state index in [1.807, 2.05) is 24.5 Å². The van der Waals surface area contributed by atoms with E-state index in [-0.39, 0.29) is 6.10 Å². The molecule has 4 nitrogen and oxygen atoms in total. The fourth-order valence-electron chi connectivity index (χ4n) is 3.98. The largest absolute Gasteiger partial charge is 0.374 e. The zero-order valence-corrected chi connectivity index (χ0v) is 12.5. The zero-order valence-electron chi connectivity index (χ0n) is 12.5. The van der Waals surface area contributed by atoms with Gasteiger partial charge in [0.15, 0.2) is 0 Å². The summed E-state index contributed by atoms with van der Waals surface area (Å²) >= 11 is 0. The average Bonchev–Trinajstić information content (AvgIpc) is 2.76. The van der Waals surface area contributed by atoms with Crippen LogP contribution in [0.15, 0.2) is 24.5 Å². The quantitative estimate of drug-likeness (QED) is 0.852. The van der Waals surface area contributed by atoms with E-state index >= 15 is 0 Å². The summed E-state index contributed by atoms with van der Waals surface area (Å²) in [6, 6.07) is 5.40. The van der Waals surface area contributed by atoms with Crippen LogP contribution in [0.25, 0.3) is 0 Å². The third-order valence-corrected chi connectivity index (χ3v) is 5.34. The number of fused-ring (bicyclic) bond motifs is 2. The number of hydrogen-bond acceptors (Lipinski definition) is 4. The maximum atomic E-state index is 6.29. The Kier molecular flexibility index (Phi) is 3.93. The molecule has 114 valence electrons. The van der Waals surface area contributed by atoms with Gasteiger partial charge in [-0.1, -0.05) is 6.42 Å². The van der Waals surface area contributed by atoms with E-state index in [0.717, 1.165) is 25.6 Å². The van der Waals surface area contributed by atoms with Crippen LogP contribution < -0.4 is 0 Å². The van der Waals surface area contributed by atoms with Gasteiger partial charge in [-0.3, -0.25) is 9.88 Å². The van der Waals surface area contributed by atoms with E-state index in [1.54, 1.807) is 0 Å². The molecule has 2 saturated carbocycles. The summed E-state index contributed by atoms with van der Waals surface area (Å²) in [6.45, 7) is 2.62. The van der Waals surface area contributed by atoms with Gasteiger partial charge in [-0.2, -0.15) is 0 Å². The molecule has 4 heteroatoms. The number of hydrogen-bond donors (Lipinski definition) is 0. The predicted molar refractivity (Wildman–Crippen MR) is 79.9 cm³/mol. The summed E-state index contributed by atoms with van der Waals surface area (Å²) in [4.78, 5) is 6.75. The van der Waals surface area contributed by atoms with Crippen molar-refractivity contribution in [2.75, 3.05) is 13.2 Å². The van der Waals surface area contributed by atoms with E-state index in [2.05, 4.69) is 9.88 Å². The van der Waals surface area contributed by atoms with Crippen molar-refractivity contribution in [3.05, 3.63) is 30.1 Å². The van der Waals surface area contributed by atoms with E-state index < -0.39 is 0 Å². The third kappa shape index (κ3) is 2.72. The smallest absolute Gasteiger partial charge is 0.0995 e. The first-order chi connectivity index (χ1) is 10.4. The molecule has 0 amide bonds. The van der Waals surface area contributed by atoms with Crippen LogP contribution in [0.1, 0.15) is 37.7 Å². The molecule has 3 aliphatic rings. The van der Waals surface area contributed by atoms with Crippen LogP contribution in [0.2, 0.25) is 0 Å². The zero-order chi connectivity index (χ0) is 14.1. The highest BCUT2D eigenvalue weighted by molar-refractivity contribution is 5.08. The van der Waals surface area contributed by atoms with Gasteiger partial charge in [0.05, 0.1) is 25.4 Å². The van der Waals surface area contributed by atoms with Crippen molar-refractivity contribution in [3.63, 3.8) is 0 Å². The molecule has 2 aliphatic carbocycles. The SMILES string of the molecule is c1cc(COC2C3CCC2N(C2CCC2)CCO3)ccn1. The first kappa shape index (κ1) is 13.7. The molecule has 1 saturated heterocycles. The second-order valence-corrected chi connectivity index (χ2v) is 6.51. The Morgan fingerprint density at radius 1 is 1.19 bits per heavy atom. The summed E-state index contributed by atoms with van der Waals surface area (Å²) in [5, 5.41) is 0.